The van der Waals surface area contributed by atoms with Gasteiger partial charge in [0.1, 0.15) is 11.6 Å². The zero-order chi connectivity index (χ0) is 26.7. The Morgan fingerprint density at radius 3 is 1.95 bits per heavy atom. The van der Waals surface area contributed by atoms with E-state index in [1.165, 1.54) is 5.56 Å². The molecule has 0 radical (unpaired) electrons. The van der Waals surface area contributed by atoms with Gasteiger partial charge in [-0.2, -0.15) is 0 Å². The third-order valence-corrected chi connectivity index (χ3v) is 8.25. The van der Waals surface area contributed by atoms with Gasteiger partial charge in [-0.15, -0.1) is 0 Å². The smallest absolute Gasteiger partial charge is 0.177 e. The Bertz CT molecular complexity index is 1370. The van der Waals surface area contributed by atoms with Crippen molar-refractivity contribution in [1.29, 1.82) is 0 Å². The van der Waals surface area contributed by atoms with E-state index in [1.807, 2.05) is 17.0 Å². The lowest BCUT2D eigenvalue weighted by Gasteiger charge is -2.44. The van der Waals surface area contributed by atoms with Gasteiger partial charge in [0.2, 0.25) is 0 Å². The van der Waals surface area contributed by atoms with Gasteiger partial charge in [0.05, 0.1) is 10.9 Å². The predicted octanol–water partition coefficient (Wildman–Crippen LogP) is 6.67. The molecule has 4 nitrogen and oxygen atoms in total. The summed E-state index contributed by atoms with van der Waals surface area (Å²) in [6.07, 6.45) is 1.55. The molecule has 1 heterocycles. The summed E-state index contributed by atoms with van der Waals surface area (Å²) in [6.45, 7) is 7.63. The van der Waals surface area contributed by atoms with E-state index < -0.39 is 21.5 Å². The Balaban J connectivity index is 1.81. The molecule has 0 N–H and O–H groups in total. The van der Waals surface area contributed by atoms with Crippen LogP contribution in [0.1, 0.15) is 48.6 Å². The van der Waals surface area contributed by atoms with Crippen molar-refractivity contribution in [2.24, 2.45) is 0 Å². The van der Waals surface area contributed by atoms with Crippen molar-refractivity contribution < 1.29 is 17.2 Å². The van der Waals surface area contributed by atoms with E-state index in [2.05, 4.69) is 43.0 Å². The van der Waals surface area contributed by atoms with Gasteiger partial charge < -0.3 is 4.90 Å². The van der Waals surface area contributed by atoms with Crippen LogP contribution in [0, 0.1) is 11.6 Å². The van der Waals surface area contributed by atoms with Crippen LogP contribution in [-0.2, 0) is 16.4 Å². The van der Waals surface area contributed by atoms with E-state index in [1.54, 1.807) is 12.1 Å². The van der Waals surface area contributed by atoms with Gasteiger partial charge in [-0.1, -0.05) is 61.8 Å². The molecule has 0 unspecified atom stereocenters. The minimum absolute atomic E-state index is 0.0177. The fraction of sp³-hybridized carbons (Fsp3) is 0.310. The molecule has 0 amide bonds. The second-order valence-electron chi connectivity index (χ2n) is 9.31. The van der Waals surface area contributed by atoms with Crippen LogP contribution >= 0.6 is 11.6 Å². The number of hydrogen-bond donors (Lipinski definition) is 0. The summed E-state index contributed by atoms with van der Waals surface area (Å²) in [5, 5.41) is 0.600. The molecular formula is C29H31ClF2N2O2S. The van der Waals surface area contributed by atoms with Crippen LogP contribution in [0.5, 0.6) is 0 Å². The minimum atomic E-state index is -3.80. The molecule has 4 rings (SSSR count). The van der Waals surface area contributed by atoms with Gasteiger partial charge in [0.15, 0.2) is 9.84 Å². The lowest BCUT2D eigenvalue weighted by atomic mass is 9.91. The van der Waals surface area contributed by atoms with Crippen LogP contribution in [0.25, 0.3) is 4.91 Å². The second-order valence-corrected chi connectivity index (χ2v) is 11.7. The van der Waals surface area contributed by atoms with E-state index >= 15 is 0 Å². The molecule has 0 bridgehead atoms. The summed E-state index contributed by atoms with van der Waals surface area (Å²) in [5.74, 6) is -1.64. The lowest BCUT2D eigenvalue weighted by Crippen LogP contribution is -2.40. The molecule has 0 saturated carbocycles. The topological polar surface area (TPSA) is 40.6 Å². The van der Waals surface area contributed by atoms with Crippen molar-refractivity contribution in [1.82, 2.24) is 9.80 Å². The quantitative estimate of drug-likeness (QED) is 0.302. The number of benzene rings is 3. The highest BCUT2D eigenvalue weighted by molar-refractivity contribution is 8.00. The summed E-state index contributed by atoms with van der Waals surface area (Å²) in [6, 6.07) is 18.4. The van der Waals surface area contributed by atoms with Crippen molar-refractivity contribution in [3.63, 3.8) is 0 Å². The van der Waals surface area contributed by atoms with Gasteiger partial charge in [-0.05, 0) is 54.0 Å². The molecule has 0 spiro atoms. The molecule has 37 heavy (non-hydrogen) atoms. The van der Waals surface area contributed by atoms with E-state index in [9.17, 15) is 17.2 Å². The number of likely N-dealkylation sites (tertiary alicyclic amines) is 1. The fourth-order valence-corrected chi connectivity index (χ4v) is 6.19. The molecule has 1 saturated heterocycles. The second kappa shape index (κ2) is 11.3. The van der Waals surface area contributed by atoms with Gasteiger partial charge >= 0.3 is 0 Å². The van der Waals surface area contributed by atoms with Gasteiger partial charge in [-0.3, -0.25) is 4.90 Å². The van der Waals surface area contributed by atoms with Crippen molar-refractivity contribution in [2.45, 2.75) is 32.9 Å². The summed E-state index contributed by atoms with van der Waals surface area (Å²) >= 11 is 6.16. The number of rotatable bonds is 9. The summed E-state index contributed by atoms with van der Waals surface area (Å²) in [7, 11) is -3.80. The molecule has 8 heteroatoms. The lowest BCUT2D eigenvalue weighted by molar-refractivity contribution is 0.212. The molecule has 1 aliphatic rings. The average Bonchev–Trinajstić information content (AvgIpc) is 2.83. The first-order chi connectivity index (χ1) is 17.6. The SMILES string of the molecule is CCN(CC)Cc1ccc([C@H](c2ccc(Cl)cc2)N2CCC2=C(c2cc(F)cc(F)c2)S(C)(=O)=O)cc1. The Hall–Kier alpha value is -2.74. The molecule has 3 aromatic rings. The van der Waals surface area contributed by atoms with Crippen LogP contribution in [0.3, 0.4) is 0 Å². The number of nitrogens with zero attached hydrogens (tertiary/aromatic N) is 2. The Labute approximate surface area is 223 Å². The van der Waals surface area contributed by atoms with E-state index in [0.29, 0.717) is 23.7 Å². The third kappa shape index (κ3) is 6.22. The Morgan fingerprint density at radius 2 is 1.49 bits per heavy atom. The number of hydrogen-bond acceptors (Lipinski definition) is 4. The molecule has 196 valence electrons. The highest BCUT2D eigenvalue weighted by atomic mass is 35.5. The van der Waals surface area contributed by atoms with Crippen LogP contribution in [-0.4, -0.2) is 44.1 Å². The van der Waals surface area contributed by atoms with Crippen molar-refractivity contribution in [3.05, 3.63) is 111 Å². The monoisotopic (exact) mass is 544 g/mol. The van der Waals surface area contributed by atoms with E-state index in [-0.39, 0.29) is 16.5 Å². The summed E-state index contributed by atoms with van der Waals surface area (Å²) < 4.78 is 54.0. The van der Waals surface area contributed by atoms with Crippen LogP contribution in [0.4, 0.5) is 8.78 Å². The maximum absolute atomic E-state index is 14.1. The average molecular weight is 545 g/mol. The standard InChI is InChI=1S/C29H31ClF2N2O2S/c1-4-33(5-2)19-20-6-8-21(9-7-20)28(22-10-12-24(30)13-11-22)34-15-14-27(34)29(37(3,35)36)23-16-25(31)18-26(32)17-23/h6-13,16-18,28H,4-5,14-15,19H2,1-3H3/t28-/m1/s1. The largest absolute Gasteiger partial charge is 0.362 e. The molecule has 1 atom stereocenters. The van der Waals surface area contributed by atoms with Crippen LogP contribution < -0.4 is 0 Å². The Morgan fingerprint density at radius 1 is 0.946 bits per heavy atom. The van der Waals surface area contributed by atoms with Gasteiger partial charge in [0.25, 0.3) is 0 Å². The zero-order valence-electron chi connectivity index (χ0n) is 21.2. The van der Waals surface area contributed by atoms with Gasteiger partial charge in [0, 0.05) is 48.1 Å². The highest BCUT2D eigenvalue weighted by Gasteiger charge is 2.36. The Kier molecular flexibility index (Phi) is 8.36. The zero-order valence-corrected chi connectivity index (χ0v) is 22.8. The van der Waals surface area contributed by atoms with Crippen LogP contribution in [0.15, 0.2) is 72.4 Å². The molecule has 0 aliphatic carbocycles. The molecule has 1 aliphatic heterocycles. The van der Waals surface area contributed by atoms with Crippen molar-refractivity contribution in [2.75, 3.05) is 25.9 Å². The first-order valence-corrected chi connectivity index (χ1v) is 14.6. The molecule has 1 fully saturated rings. The number of sulfone groups is 1. The molecule has 3 aromatic carbocycles. The predicted molar refractivity (Wildman–Crippen MR) is 146 cm³/mol. The third-order valence-electron chi connectivity index (χ3n) is 6.79. The normalized spacial score (nSPS) is 16.0. The maximum atomic E-state index is 14.1. The van der Waals surface area contributed by atoms with E-state index in [4.69, 9.17) is 11.6 Å². The first kappa shape index (κ1) is 27.3. The van der Waals surface area contributed by atoms with Crippen molar-refractivity contribution in [3.8, 4) is 0 Å². The van der Waals surface area contributed by atoms with Gasteiger partial charge in [-0.25, -0.2) is 17.2 Å². The summed E-state index contributed by atoms with van der Waals surface area (Å²) in [4.78, 5) is 4.29. The first-order valence-electron chi connectivity index (χ1n) is 12.3. The number of halogens is 3. The minimum Gasteiger partial charge on any atom is -0.362 e. The fourth-order valence-electron chi connectivity index (χ4n) is 4.87. The molecule has 0 aromatic heterocycles. The van der Waals surface area contributed by atoms with Crippen LogP contribution in [0.2, 0.25) is 5.02 Å². The van der Waals surface area contributed by atoms with Crippen molar-refractivity contribution >= 4 is 26.3 Å². The van der Waals surface area contributed by atoms with E-state index in [0.717, 1.165) is 55.2 Å². The molecular weight excluding hydrogens is 514 g/mol. The summed E-state index contributed by atoms with van der Waals surface area (Å²) in [5.41, 5.74) is 3.68. The maximum Gasteiger partial charge on any atom is 0.177 e. The highest BCUT2D eigenvalue weighted by Crippen LogP contribution is 2.43.